The molecular weight excluding hydrogens is 416 g/mol. The lowest BCUT2D eigenvalue weighted by molar-refractivity contribution is 0.0912. The summed E-state index contributed by atoms with van der Waals surface area (Å²) in [5.41, 5.74) is 2.16. The minimum Gasteiger partial charge on any atom is -0.376 e. The maximum absolute atomic E-state index is 6.04. The van der Waals surface area contributed by atoms with E-state index in [1.165, 1.54) is 11.8 Å². The van der Waals surface area contributed by atoms with E-state index in [0.29, 0.717) is 16.7 Å². The van der Waals surface area contributed by atoms with Gasteiger partial charge >= 0.3 is 0 Å². The van der Waals surface area contributed by atoms with Crippen LogP contribution < -0.4 is 0 Å². The van der Waals surface area contributed by atoms with E-state index in [4.69, 9.17) is 16.3 Å². The Hall–Kier alpha value is -2.07. The van der Waals surface area contributed by atoms with Gasteiger partial charge in [-0.1, -0.05) is 23.7 Å². The molecule has 1 aliphatic heterocycles. The van der Waals surface area contributed by atoms with Crippen LogP contribution in [-0.4, -0.2) is 42.9 Å². The molecule has 0 N–H and O–H groups in total. The molecule has 0 radical (unpaired) electrons. The van der Waals surface area contributed by atoms with E-state index in [9.17, 15) is 0 Å². The summed E-state index contributed by atoms with van der Waals surface area (Å²) in [4.78, 5) is 9.88. The zero-order valence-electron chi connectivity index (χ0n) is 14.7. The minimum atomic E-state index is 0.166. The number of ether oxygens (including phenoxy) is 1. The minimum absolute atomic E-state index is 0.166. The summed E-state index contributed by atoms with van der Waals surface area (Å²) in [5.74, 6) is 0. The lowest BCUT2D eigenvalue weighted by Gasteiger charge is -2.10. The lowest BCUT2D eigenvalue weighted by atomic mass is 10.1. The van der Waals surface area contributed by atoms with Crippen molar-refractivity contribution in [3.63, 3.8) is 0 Å². The van der Waals surface area contributed by atoms with Crippen LogP contribution in [0.3, 0.4) is 0 Å². The standard InChI is InChI=1S/C18H15ClN6OS2/c19-12-5-3-11(4-6-12)14-9-27-16-15(14)17(21-10-20-16)28-18-22-23-24-25(18)8-13-2-1-7-26-13/h3-6,9-10,13H,1-2,7-8H2. The molecule has 4 aromatic rings. The van der Waals surface area contributed by atoms with E-state index >= 15 is 0 Å². The summed E-state index contributed by atoms with van der Waals surface area (Å²) in [7, 11) is 0. The highest BCUT2D eigenvalue weighted by molar-refractivity contribution is 7.99. The van der Waals surface area contributed by atoms with E-state index in [-0.39, 0.29) is 6.10 Å². The average Bonchev–Trinajstić information content (AvgIpc) is 3.45. The number of fused-ring (bicyclic) bond motifs is 1. The van der Waals surface area contributed by atoms with E-state index in [1.807, 2.05) is 24.3 Å². The number of nitrogens with zero attached hydrogens (tertiary/aromatic N) is 6. The fourth-order valence-corrected chi connectivity index (χ4v) is 5.20. The Morgan fingerprint density at radius 3 is 2.96 bits per heavy atom. The van der Waals surface area contributed by atoms with Crippen molar-refractivity contribution in [3.05, 3.63) is 41.0 Å². The van der Waals surface area contributed by atoms with Gasteiger partial charge in [0.05, 0.1) is 18.0 Å². The number of thiophene rings is 1. The van der Waals surface area contributed by atoms with Gasteiger partial charge in [0.2, 0.25) is 5.16 Å². The van der Waals surface area contributed by atoms with Crippen LogP contribution in [0.5, 0.6) is 0 Å². The first-order valence-corrected chi connectivity index (χ1v) is 10.9. The molecule has 4 heterocycles. The zero-order chi connectivity index (χ0) is 18.9. The van der Waals surface area contributed by atoms with Crippen molar-refractivity contribution >= 4 is 44.9 Å². The summed E-state index contributed by atoms with van der Waals surface area (Å²) in [6.45, 7) is 1.46. The van der Waals surface area contributed by atoms with Gasteiger partial charge in [-0.2, -0.15) is 0 Å². The van der Waals surface area contributed by atoms with Gasteiger partial charge in [-0.3, -0.25) is 0 Å². The monoisotopic (exact) mass is 430 g/mol. The predicted molar refractivity (Wildman–Crippen MR) is 109 cm³/mol. The van der Waals surface area contributed by atoms with E-state index in [0.717, 1.165) is 45.8 Å². The molecule has 7 nitrogen and oxygen atoms in total. The molecule has 5 rings (SSSR count). The number of benzene rings is 1. The number of hydrogen-bond donors (Lipinski definition) is 0. The fraction of sp³-hybridized carbons (Fsp3) is 0.278. The van der Waals surface area contributed by atoms with E-state index in [2.05, 4.69) is 30.9 Å². The molecule has 0 aliphatic carbocycles. The maximum atomic E-state index is 6.04. The van der Waals surface area contributed by atoms with Crippen molar-refractivity contribution < 1.29 is 4.74 Å². The Labute approximate surface area is 174 Å². The SMILES string of the molecule is Clc1ccc(-c2csc3ncnc(Sc4nnnn4CC4CCCO4)c23)cc1. The van der Waals surface area contributed by atoms with Crippen molar-refractivity contribution in [2.75, 3.05) is 6.61 Å². The van der Waals surface area contributed by atoms with Crippen LogP contribution in [0.4, 0.5) is 0 Å². The number of rotatable bonds is 5. The van der Waals surface area contributed by atoms with E-state index < -0.39 is 0 Å². The molecule has 0 bridgehead atoms. The first-order chi connectivity index (χ1) is 13.8. The number of hydrogen-bond acceptors (Lipinski definition) is 8. The van der Waals surface area contributed by atoms with Gasteiger partial charge in [-0.05, 0) is 52.7 Å². The summed E-state index contributed by atoms with van der Waals surface area (Å²) in [6, 6.07) is 7.79. The molecule has 1 aromatic carbocycles. The number of halogens is 1. The summed E-state index contributed by atoms with van der Waals surface area (Å²) < 4.78 is 7.51. The molecule has 142 valence electrons. The Bertz CT molecular complexity index is 1110. The third-order valence-corrected chi connectivity index (χ3v) is 6.69. The summed E-state index contributed by atoms with van der Waals surface area (Å²) >= 11 is 9.09. The topological polar surface area (TPSA) is 78.6 Å². The molecule has 0 spiro atoms. The summed E-state index contributed by atoms with van der Waals surface area (Å²) in [5, 5.41) is 17.5. The number of aromatic nitrogens is 6. The van der Waals surface area contributed by atoms with Crippen molar-refractivity contribution in [1.29, 1.82) is 0 Å². The zero-order valence-corrected chi connectivity index (χ0v) is 17.0. The Morgan fingerprint density at radius 1 is 1.25 bits per heavy atom. The molecule has 1 unspecified atom stereocenters. The van der Waals surface area contributed by atoms with Crippen LogP contribution in [0.15, 0.2) is 46.2 Å². The highest BCUT2D eigenvalue weighted by Crippen LogP contribution is 2.39. The van der Waals surface area contributed by atoms with Crippen LogP contribution in [0.2, 0.25) is 5.02 Å². The smallest absolute Gasteiger partial charge is 0.215 e. The third-order valence-electron chi connectivity index (χ3n) is 4.58. The summed E-state index contributed by atoms with van der Waals surface area (Å²) in [6.07, 6.45) is 3.87. The first kappa shape index (κ1) is 18.0. The average molecular weight is 431 g/mol. The molecule has 1 atom stereocenters. The Kier molecular flexibility index (Phi) is 4.98. The molecule has 1 aliphatic rings. The maximum Gasteiger partial charge on any atom is 0.215 e. The Balaban J connectivity index is 1.51. The second kappa shape index (κ2) is 7.75. The van der Waals surface area contributed by atoms with Crippen LogP contribution in [0, 0.1) is 0 Å². The van der Waals surface area contributed by atoms with Gasteiger partial charge in [0, 0.05) is 22.6 Å². The number of tetrazole rings is 1. The Morgan fingerprint density at radius 2 is 2.14 bits per heavy atom. The molecule has 0 amide bonds. The van der Waals surface area contributed by atoms with Crippen LogP contribution in [0.25, 0.3) is 21.3 Å². The largest absolute Gasteiger partial charge is 0.376 e. The van der Waals surface area contributed by atoms with Gasteiger partial charge < -0.3 is 4.74 Å². The van der Waals surface area contributed by atoms with Crippen molar-refractivity contribution in [2.45, 2.75) is 35.7 Å². The second-order valence-electron chi connectivity index (χ2n) is 6.40. The van der Waals surface area contributed by atoms with Gasteiger partial charge in [-0.15, -0.1) is 16.4 Å². The highest BCUT2D eigenvalue weighted by atomic mass is 35.5. The molecule has 28 heavy (non-hydrogen) atoms. The molecule has 0 saturated carbocycles. The van der Waals surface area contributed by atoms with Crippen molar-refractivity contribution in [1.82, 2.24) is 30.2 Å². The second-order valence-corrected chi connectivity index (χ2v) is 8.65. The van der Waals surface area contributed by atoms with Gasteiger partial charge in [0.1, 0.15) is 16.2 Å². The predicted octanol–water partition coefficient (Wildman–Crippen LogP) is 4.33. The molecule has 3 aromatic heterocycles. The van der Waals surface area contributed by atoms with Crippen molar-refractivity contribution in [3.8, 4) is 11.1 Å². The molecule has 10 heteroatoms. The van der Waals surface area contributed by atoms with Crippen LogP contribution >= 0.6 is 34.7 Å². The van der Waals surface area contributed by atoms with Crippen LogP contribution in [-0.2, 0) is 11.3 Å². The quantitative estimate of drug-likeness (QED) is 0.436. The molecule has 1 fully saturated rings. The first-order valence-electron chi connectivity index (χ1n) is 8.82. The van der Waals surface area contributed by atoms with Gasteiger partial charge in [-0.25, -0.2) is 14.6 Å². The lowest BCUT2D eigenvalue weighted by Crippen LogP contribution is -2.16. The van der Waals surface area contributed by atoms with Gasteiger partial charge in [0.15, 0.2) is 0 Å². The van der Waals surface area contributed by atoms with Crippen molar-refractivity contribution in [2.24, 2.45) is 0 Å². The van der Waals surface area contributed by atoms with E-state index in [1.54, 1.807) is 22.3 Å². The van der Waals surface area contributed by atoms with Gasteiger partial charge in [0.25, 0.3) is 0 Å². The third kappa shape index (κ3) is 3.50. The fourth-order valence-electron chi connectivity index (χ4n) is 3.22. The normalized spacial score (nSPS) is 16.8. The highest BCUT2D eigenvalue weighted by Gasteiger charge is 2.21. The molecule has 1 saturated heterocycles. The molecular formula is C18H15ClN6OS2. The van der Waals surface area contributed by atoms with Crippen LogP contribution in [0.1, 0.15) is 12.8 Å².